The number of hydrogen-bond donors (Lipinski definition) is 0. The highest BCUT2D eigenvalue weighted by atomic mass is 14.3. The van der Waals surface area contributed by atoms with Crippen molar-refractivity contribution in [1.29, 1.82) is 0 Å². The number of rotatable bonds is 1. The predicted octanol–water partition coefficient (Wildman–Crippen LogP) is 3.39. The smallest absolute Gasteiger partial charge is 0.0205 e. The minimum atomic E-state index is 0.853. The van der Waals surface area contributed by atoms with Crippen molar-refractivity contribution in [3.05, 3.63) is 12.2 Å². The zero-order valence-corrected chi connectivity index (χ0v) is 7.42. The van der Waals surface area contributed by atoms with E-state index in [1.165, 1.54) is 32.1 Å². The predicted molar refractivity (Wildman–Crippen MR) is 48.4 cm³/mol. The lowest BCUT2D eigenvalue weighted by atomic mass is 9.71. The van der Waals surface area contributed by atoms with Crippen LogP contribution in [0.4, 0.5) is 0 Å². The second-order valence-electron chi connectivity index (χ2n) is 4.29. The van der Waals surface area contributed by atoms with Crippen molar-refractivity contribution in [3.8, 4) is 0 Å². The van der Waals surface area contributed by atoms with Gasteiger partial charge in [0.05, 0.1) is 0 Å². The Bertz CT molecular complexity index is 153. The van der Waals surface area contributed by atoms with E-state index in [0.29, 0.717) is 0 Å². The van der Waals surface area contributed by atoms with Crippen molar-refractivity contribution in [3.63, 3.8) is 0 Å². The van der Waals surface area contributed by atoms with E-state index in [2.05, 4.69) is 19.1 Å². The third-order valence-electron chi connectivity index (χ3n) is 3.40. The highest BCUT2D eigenvalue weighted by Gasteiger charge is 2.26. The zero-order valence-electron chi connectivity index (χ0n) is 7.42. The van der Waals surface area contributed by atoms with Gasteiger partial charge in [0.1, 0.15) is 0 Å². The Labute approximate surface area is 69.7 Å². The second-order valence-corrected chi connectivity index (χ2v) is 4.29. The Morgan fingerprint density at radius 3 is 2.27 bits per heavy atom. The summed E-state index contributed by atoms with van der Waals surface area (Å²) in [6.07, 6.45) is 12.3. The van der Waals surface area contributed by atoms with Gasteiger partial charge in [0, 0.05) is 0 Å². The van der Waals surface area contributed by atoms with E-state index in [0.717, 1.165) is 17.8 Å². The van der Waals surface area contributed by atoms with Crippen LogP contribution in [0.15, 0.2) is 12.2 Å². The van der Waals surface area contributed by atoms with Crippen LogP contribution in [0.3, 0.4) is 0 Å². The van der Waals surface area contributed by atoms with Gasteiger partial charge in [0.2, 0.25) is 0 Å². The van der Waals surface area contributed by atoms with E-state index in [1.54, 1.807) is 0 Å². The maximum Gasteiger partial charge on any atom is -0.0205 e. The zero-order chi connectivity index (χ0) is 7.68. The molecule has 2 rings (SSSR count). The molecule has 0 spiro atoms. The highest BCUT2D eigenvalue weighted by Crippen LogP contribution is 2.39. The van der Waals surface area contributed by atoms with Crippen LogP contribution in [-0.2, 0) is 0 Å². The molecular weight excluding hydrogens is 132 g/mol. The van der Waals surface area contributed by atoms with Crippen molar-refractivity contribution < 1.29 is 0 Å². The number of allylic oxidation sites excluding steroid dienone is 2. The maximum absolute atomic E-state index is 2.48. The molecule has 2 unspecified atom stereocenters. The average molecular weight is 150 g/mol. The Morgan fingerprint density at radius 1 is 1.00 bits per heavy atom. The van der Waals surface area contributed by atoms with Crippen LogP contribution < -0.4 is 0 Å². The van der Waals surface area contributed by atoms with E-state index < -0.39 is 0 Å². The van der Waals surface area contributed by atoms with Crippen LogP contribution >= 0.6 is 0 Å². The van der Waals surface area contributed by atoms with Crippen LogP contribution in [0.25, 0.3) is 0 Å². The fourth-order valence-corrected chi connectivity index (χ4v) is 2.24. The monoisotopic (exact) mass is 150 g/mol. The quantitative estimate of drug-likeness (QED) is 0.503. The SMILES string of the molecule is CC1C=CC(C2CCC2)CC1. The number of hydrogen-bond acceptors (Lipinski definition) is 0. The summed E-state index contributed by atoms with van der Waals surface area (Å²) in [4.78, 5) is 0. The summed E-state index contributed by atoms with van der Waals surface area (Å²) in [5, 5.41) is 0. The van der Waals surface area contributed by atoms with Crippen molar-refractivity contribution in [1.82, 2.24) is 0 Å². The maximum atomic E-state index is 2.48. The average Bonchev–Trinajstić information content (AvgIpc) is 1.90. The molecule has 11 heavy (non-hydrogen) atoms. The normalized spacial score (nSPS) is 38.6. The van der Waals surface area contributed by atoms with Gasteiger partial charge in [-0.3, -0.25) is 0 Å². The van der Waals surface area contributed by atoms with Gasteiger partial charge >= 0.3 is 0 Å². The molecule has 0 bridgehead atoms. The molecule has 1 saturated carbocycles. The van der Waals surface area contributed by atoms with Gasteiger partial charge in [-0.05, 0) is 43.4 Å². The molecule has 0 aromatic rings. The molecule has 2 aliphatic carbocycles. The molecule has 0 N–H and O–H groups in total. The molecule has 2 aliphatic rings. The first-order valence-electron chi connectivity index (χ1n) is 5.04. The lowest BCUT2D eigenvalue weighted by molar-refractivity contribution is 0.219. The molecule has 0 heterocycles. The third-order valence-corrected chi connectivity index (χ3v) is 3.40. The molecule has 0 heteroatoms. The van der Waals surface area contributed by atoms with Crippen molar-refractivity contribution in [2.45, 2.75) is 39.0 Å². The standard InChI is InChI=1S/C11H18/c1-9-5-7-11(8-6-9)10-3-2-4-10/h5,7,9-11H,2-4,6,8H2,1H3. The highest BCUT2D eigenvalue weighted by molar-refractivity contribution is 5.00. The summed E-state index contributed by atoms with van der Waals surface area (Å²) in [5.74, 6) is 2.88. The molecular formula is C11H18. The van der Waals surface area contributed by atoms with Gasteiger partial charge in [0.25, 0.3) is 0 Å². The van der Waals surface area contributed by atoms with Gasteiger partial charge in [-0.2, -0.15) is 0 Å². The van der Waals surface area contributed by atoms with Crippen LogP contribution in [0.1, 0.15) is 39.0 Å². The molecule has 2 atom stereocenters. The third kappa shape index (κ3) is 1.50. The Balaban J connectivity index is 1.90. The van der Waals surface area contributed by atoms with E-state index in [1.807, 2.05) is 0 Å². The largest absolute Gasteiger partial charge is 0.0854 e. The van der Waals surface area contributed by atoms with Gasteiger partial charge in [-0.25, -0.2) is 0 Å². The lowest BCUT2D eigenvalue weighted by Gasteiger charge is -2.34. The molecule has 0 aromatic carbocycles. The second kappa shape index (κ2) is 3.00. The van der Waals surface area contributed by atoms with Crippen molar-refractivity contribution in [2.24, 2.45) is 17.8 Å². The molecule has 62 valence electrons. The van der Waals surface area contributed by atoms with Gasteiger partial charge in [-0.15, -0.1) is 0 Å². The Morgan fingerprint density at radius 2 is 1.82 bits per heavy atom. The molecule has 1 fully saturated rings. The summed E-state index contributed by atoms with van der Waals surface area (Å²) in [6.45, 7) is 2.33. The van der Waals surface area contributed by atoms with Gasteiger partial charge < -0.3 is 0 Å². The first-order valence-corrected chi connectivity index (χ1v) is 5.04. The summed E-state index contributed by atoms with van der Waals surface area (Å²) >= 11 is 0. The van der Waals surface area contributed by atoms with Crippen LogP contribution in [0, 0.1) is 17.8 Å². The summed E-state index contributed by atoms with van der Waals surface area (Å²) in [6, 6.07) is 0. The minimum Gasteiger partial charge on any atom is -0.0854 e. The van der Waals surface area contributed by atoms with Crippen LogP contribution in [0.5, 0.6) is 0 Å². The van der Waals surface area contributed by atoms with Gasteiger partial charge in [-0.1, -0.05) is 25.5 Å². The van der Waals surface area contributed by atoms with E-state index in [4.69, 9.17) is 0 Å². The van der Waals surface area contributed by atoms with E-state index in [-0.39, 0.29) is 0 Å². The summed E-state index contributed by atoms with van der Waals surface area (Å²) in [5.41, 5.74) is 0. The molecule has 0 radical (unpaired) electrons. The summed E-state index contributed by atoms with van der Waals surface area (Å²) < 4.78 is 0. The Hall–Kier alpha value is -0.260. The summed E-state index contributed by atoms with van der Waals surface area (Å²) in [7, 11) is 0. The minimum absolute atomic E-state index is 0.853. The van der Waals surface area contributed by atoms with E-state index >= 15 is 0 Å². The molecule has 0 nitrogen and oxygen atoms in total. The fourth-order valence-electron chi connectivity index (χ4n) is 2.24. The van der Waals surface area contributed by atoms with Gasteiger partial charge in [0.15, 0.2) is 0 Å². The van der Waals surface area contributed by atoms with Crippen molar-refractivity contribution in [2.75, 3.05) is 0 Å². The van der Waals surface area contributed by atoms with Crippen molar-refractivity contribution >= 4 is 0 Å². The first-order chi connectivity index (χ1) is 5.36. The molecule has 0 amide bonds. The molecule has 0 saturated heterocycles. The fraction of sp³-hybridized carbons (Fsp3) is 0.818. The molecule has 0 aromatic heterocycles. The van der Waals surface area contributed by atoms with Crippen LogP contribution in [0.2, 0.25) is 0 Å². The topological polar surface area (TPSA) is 0 Å². The first kappa shape index (κ1) is 7.39. The Kier molecular flexibility index (Phi) is 2.02. The van der Waals surface area contributed by atoms with E-state index in [9.17, 15) is 0 Å². The molecule has 0 aliphatic heterocycles. The lowest BCUT2D eigenvalue weighted by Crippen LogP contribution is -2.22. The van der Waals surface area contributed by atoms with Crippen LogP contribution in [-0.4, -0.2) is 0 Å².